The first-order valence-corrected chi connectivity index (χ1v) is 7.69. The van der Waals surface area contributed by atoms with Crippen LogP contribution in [0.5, 0.6) is 0 Å². The summed E-state index contributed by atoms with van der Waals surface area (Å²) in [6.07, 6.45) is 1.50. The summed E-state index contributed by atoms with van der Waals surface area (Å²) in [5, 5.41) is 2.59. The van der Waals surface area contributed by atoms with Gasteiger partial charge in [0.2, 0.25) is 5.91 Å². The van der Waals surface area contributed by atoms with Crippen LogP contribution in [0.2, 0.25) is 5.02 Å². The zero-order chi connectivity index (χ0) is 13.2. The Bertz CT molecular complexity index is 539. The third-order valence-electron chi connectivity index (χ3n) is 3.04. The third kappa shape index (κ3) is 2.84. The molecule has 1 unspecified atom stereocenters. The first kappa shape index (κ1) is 13.4. The topological polar surface area (TPSA) is 63.2 Å². The molecule has 0 radical (unpaired) electrons. The third-order valence-corrected chi connectivity index (χ3v) is 5.50. The Kier molecular flexibility index (Phi) is 3.92. The maximum absolute atomic E-state index is 12.4. The fourth-order valence-corrected chi connectivity index (χ4v) is 3.80. The molecule has 1 N–H and O–H groups in total. The predicted molar refractivity (Wildman–Crippen MR) is 69.3 cm³/mol. The van der Waals surface area contributed by atoms with Gasteiger partial charge in [-0.3, -0.25) is 4.79 Å². The van der Waals surface area contributed by atoms with Crippen molar-refractivity contribution in [1.29, 1.82) is 0 Å². The lowest BCUT2D eigenvalue weighted by molar-refractivity contribution is -0.120. The highest BCUT2D eigenvalue weighted by Crippen LogP contribution is 2.22. The van der Waals surface area contributed by atoms with Crippen molar-refractivity contribution in [2.75, 3.05) is 6.54 Å². The lowest BCUT2D eigenvalue weighted by atomic mass is 10.2. The van der Waals surface area contributed by atoms with Crippen LogP contribution < -0.4 is 5.32 Å². The second kappa shape index (κ2) is 5.28. The molecule has 4 nitrogen and oxygen atoms in total. The maximum Gasteiger partial charge on any atom is 0.220 e. The molecule has 0 aromatic heterocycles. The van der Waals surface area contributed by atoms with Crippen LogP contribution in [-0.4, -0.2) is 26.1 Å². The molecule has 1 fully saturated rings. The molecule has 6 heteroatoms. The summed E-state index contributed by atoms with van der Waals surface area (Å²) in [6, 6.07) is 6.13. The van der Waals surface area contributed by atoms with E-state index in [-0.39, 0.29) is 17.3 Å². The lowest BCUT2D eigenvalue weighted by Gasteiger charge is -2.15. The van der Waals surface area contributed by atoms with Gasteiger partial charge < -0.3 is 5.32 Å². The molecular weight excluding hydrogens is 274 g/mol. The van der Waals surface area contributed by atoms with Gasteiger partial charge in [0.1, 0.15) is 0 Å². The van der Waals surface area contributed by atoms with Gasteiger partial charge in [0.15, 0.2) is 9.84 Å². The van der Waals surface area contributed by atoms with Crippen LogP contribution in [0.1, 0.15) is 19.3 Å². The van der Waals surface area contributed by atoms with Gasteiger partial charge in [0, 0.05) is 18.0 Å². The highest BCUT2D eigenvalue weighted by atomic mass is 35.5. The first-order valence-electron chi connectivity index (χ1n) is 5.76. The monoisotopic (exact) mass is 287 g/mol. The van der Waals surface area contributed by atoms with Gasteiger partial charge >= 0.3 is 0 Å². The Labute approximate surface area is 111 Å². The van der Waals surface area contributed by atoms with Crippen molar-refractivity contribution >= 4 is 27.3 Å². The second-order valence-corrected chi connectivity index (χ2v) is 6.98. The van der Waals surface area contributed by atoms with E-state index in [1.54, 1.807) is 12.1 Å². The predicted octanol–water partition coefficient (Wildman–Crippen LogP) is 1.78. The van der Waals surface area contributed by atoms with Crippen LogP contribution in [0.3, 0.4) is 0 Å². The molecule has 0 bridgehead atoms. The van der Waals surface area contributed by atoms with E-state index in [4.69, 9.17) is 11.6 Å². The Balaban J connectivity index is 2.25. The summed E-state index contributed by atoms with van der Waals surface area (Å²) in [5.74, 6) is -0.0798. The normalized spacial score (nSPS) is 21.2. The number of carbonyl (C=O) groups is 1. The van der Waals surface area contributed by atoms with Gasteiger partial charge in [-0.25, -0.2) is 8.42 Å². The number of carbonyl (C=O) groups excluding carboxylic acids is 1. The number of benzene rings is 1. The Morgan fingerprint density at radius 1 is 1.22 bits per heavy atom. The quantitative estimate of drug-likeness (QED) is 0.902. The molecule has 98 valence electrons. The van der Waals surface area contributed by atoms with E-state index in [2.05, 4.69) is 5.32 Å². The molecule has 18 heavy (non-hydrogen) atoms. The maximum atomic E-state index is 12.4. The largest absolute Gasteiger partial charge is 0.355 e. The summed E-state index contributed by atoms with van der Waals surface area (Å²) in [6.45, 7) is 0.184. The van der Waals surface area contributed by atoms with E-state index in [0.29, 0.717) is 24.3 Å². The van der Waals surface area contributed by atoms with Crippen LogP contribution >= 0.6 is 11.6 Å². The first-order chi connectivity index (χ1) is 8.50. The number of sulfone groups is 1. The van der Waals surface area contributed by atoms with Crippen LogP contribution in [0.4, 0.5) is 0 Å². The van der Waals surface area contributed by atoms with Crippen molar-refractivity contribution in [3.63, 3.8) is 0 Å². The molecular formula is C12H14ClNO3S. The van der Waals surface area contributed by atoms with E-state index in [0.717, 1.165) is 0 Å². The van der Waals surface area contributed by atoms with Crippen molar-refractivity contribution in [1.82, 2.24) is 5.32 Å². The SMILES string of the molecule is O=C1CCCC(S(=O)(=O)c2ccc(Cl)cc2)CN1. The molecule has 1 atom stereocenters. The van der Waals surface area contributed by atoms with Gasteiger partial charge in [0.25, 0.3) is 0 Å². The zero-order valence-electron chi connectivity index (χ0n) is 9.73. The van der Waals surface area contributed by atoms with Crippen LogP contribution in [-0.2, 0) is 14.6 Å². The minimum atomic E-state index is -3.40. The lowest BCUT2D eigenvalue weighted by Crippen LogP contribution is -2.33. The number of hydrogen-bond donors (Lipinski definition) is 1. The zero-order valence-corrected chi connectivity index (χ0v) is 11.3. The van der Waals surface area contributed by atoms with E-state index in [1.807, 2.05) is 0 Å². The van der Waals surface area contributed by atoms with E-state index < -0.39 is 15.1 Å². The molecule has 0 saturated carbocycles. The summed E-state index contributed by atoms with van der Waals surface area (Å²) in [7, 11) is -3.40. The molecule has 0 spiro atoms. The standard InChI is InChI=1S/C12H14ClNO3S/c13-9-4-6-10(7-5-9)18(16,17)11-2-1-3-12(15)14-8-11/h4-7,11H,1-3,8H2,(H,14,15). The van der Waals surface area contributed by atoms with Gasteiger partial charge in [-0.1, -0.05) is 11.6 Å². The minimum Gasteiger partial charge on any atom is -0.355 e. The summed E-state index contributed by atoms with van der Waals surface area (Å²) < 4.78 is 24.7. The summed E-state index contributed by atoms with van der Waals surface area (Å²) in [5.41, 5.74) is 0. The van der Waals surface area contributed by atoms with Crippen molar-refractivity contribution < 1.29 is 13.2 Å². The van der Waals surface area contributed by atoms with Crippen molar-refractivity contribution in [3.8, 4) is 0 Å². The fourth-order valence-electron chi connectivity index (χ4n) is 1.99. The molecule has 2 rings (SSSR count). The number of rotatable bonds is 2. The number of amides is 1. The van der Waals surface area contributed by atoms with Crippen molar-refractivity contribution in [2.24, 2.45) is 0 Å². The van der Waals surface area contributed by atoms with Crippen molar-refractivity contribution in [3.05, 3.63) is 29.3 Å². The molecule has 1 aromatic carbocycles. The molecule has 1 saturated heterocycles. The average Bonchev–Trinajstić information content (AvgIpc) is 2.55. The van der Waals surface area contributed by atoms with Gasteiger partial charge in [-0.05, 0) is 37.1 Å². The molecule has 1 heterocycles. The smallest absolute Gasteiger partial charge is 0.220 e. The fraction of sp³-hybridized carbons (Fsp3) is 0.417. The second-order valence-electron chi connectivity index (χ2n) is 4.32. The molecule has 1 aliphatic heterocycles. The summed E-state index contributed by atoms with van der Waals surface area (Å²) in [4.78, 5) is 11.5. The van der Waals surface area contributed by atoms with Gasteiger partial charge in [-0.2, -0.15) is 0 Å². The van der Waals surface area contributed by atoms with E-state index in [9.17, 15) is 13.2 Å². The highest BCUT2D eigenvalue weighted by molar-refractivity contribution is 7.92. The number of nitrogens with one attached hydrogen (secondary N) is 1. The molecule has 1 aromatic rings. The summed E-state index contributed by atoms with van der Waals surface area (Å²) >= 11 is 5.74. The van der Waals surface area contributed by atoms with E-state index >= 15 is 0 Å². The van der Waals surface area contributed by atoms with E-state index in [1.165, 1.54) is 12.1 Å². The molecule has 0 aliphatic carbocycles. The van der Waals surface area contributed by atoms with Crippen LogP contribution in [0.15, 0.2) is 29.2 Å². The van der Waals surface area contributed by atoms with Crippen LogP contribution in [0.25, 0.3) is 0 Å². The van der Waals surface area contributed by atoms with Crippen molar-refractivity contribution in [2.45, 2.75) is 29.4 Å². The van der Waals surface area contributed by atoms with Gasteiger partial charge in [-0.15, -0.1) is 0 Å². The van der Waals surface area contributed by atoms with Crippen LogP contribution in [0, 0.1) is 0 Å². The van der Waals surface area contributed by atoms with Gasteiger partial charge in [0.05, 0.1) is 10.1 Å². The number of hydrogen-bond acceptors (Lipinski definition) is 3. The highest BCUT2D eigenvalue weighted by Gasteiger charge is 2.29. The Hall–Kier alpha value is -1.07. The average molecular weight is 288 g/mol. The molecule has 1 amide bonds. The Morgan fingerprint density at radius 3 is 2.56 bits per heavy atom. The number of halogens is 1. The minimum absolute atomic E-state index is 0.0798. The Morgan fingerprint density at radius 2 is 1.89 bits per heavy atom. The molecule has 1 aliphatic rings.